The Labute approximate surface area is 605 Å². The van der Waals surface area contributed by atoms with Crippen molar-refractivity contribution in [1.29, 1.82) is 0 Å². The first-order valence-corrected chi connectivity index (χ1v) is 34.3. The number of aromatic nitrogens is 2. The minimum atomic E-state index is -0.638. The first-order valence-electron chi connectivity index (χ1n) is 40.5. The van der Waals surface area contributed by atoms with Crippen molar-refractivity contribution in [2.24, 2.45) is 0 Å². The molecule has 0 saturated heterocycles. The number of rotatable bonds is 9. The Bertz CT molecular complexity index is 7180. The summed E-state index contributed by atoms with van der Waals surface area (Å²) in [6.45, 7) is 5.92. The molecule has 0 fully saturated rings. The van der Waals surface area contributed by atoms with Crippen LogP contribution < -0.4 is 21.3 Å². The summed E-state index contributed by atoms with van der Waals surface area (Å²) in [5.74, 6) is 0. The van der Waals surface area contributed by atoms with Crippen LogP contribution in [-0.2, 0) is 5.41 Å². The van der Waals surface area contributed by atoms with Gasteiger partial charge in [-0.25, -0.2) is 0 Å². The quantitative estimate of drug-likeness (QED) is 0.135. The highest BCUT2D eigenvalue weighted by Gasteiger charge is 2.44. The number of anilines is 3. The van der Waals surface area contributed by atoms with Crippen LogP contribution in [0.5, 0.6) is 0 Å². The fourth-order valence-corrected chi connectivity index (χ4v) is 16.6. The minimum Gasteiger partial charge on any atom is -0.456 e. The van der Waals surface area contributed by atoms with Crippen molar-refractivity contribution in [3.8, 4) is 78.1 Å². The van der Waals surface area contributed by atoms with Crippen molar-refractivity contribution in [2.45, 2.75) is 36.0 Å². The Morgan fingerprint density at radius 2 is 0.850 bits per heavy atom. The topological polar surface area (TPSA) is 26.2 Å². The van der Waals surface area contributed by atoms with Crippen LogP contribution in [0.3, 0.4) is 0 Å². The molecule has 3 aromatic heterocycles. The molecule has 0 saturated carbocycles. The van der Waals surface area contributed by atoms with Crippen LogP contribution >= 0.6 is 11.8 Å². The zero-order valence-electron chi connectivity index (χ0n) is 68.4. The predicted octanol–water partition coefficient (Wildman–Crippen LogP) is 23.8. The van der Waals surface area contributed by atoms with E-state index in [1.807, 2.05) is 200 Å². The van der Waals surface area contributed by atoms with Crippen molar-refractivity contribution in [3.05, 3.63) is 339 Å². The molecule has 4 nitrogen and oxygen atoms in total. The molecule has 470 valence electrons. The molecule has 20 rings (SSSR count). The van der Waals surface area contributed by atoms with Gasteiger partial charge in [0, 0.05) is 76.0 Å². The van der Waals surface area contributed by atoms with Crippen LogP contribution in [0.4, 0.5) is 17.1 Å². The minimum absolute atomic E-state index is 0.00382. The summed E-state index contributed by atoms with van der Waals surface area (Å²) in [4.78, 5) is 3.86. The second kappa shape index (κ2) is 22.8. The SMILES string of the molecule is [2H]c1c([2H])c([2H])c2c(c1[2H])c1c([2H])c([2H])c(-c3cccc(-c4ccccc4)c3)c([2H])c1n2-c1ccc2c(c1)N(c1c(-c3ccccc3)cc(C(C)(C)C)cc1-c1ccccc1)c1cc(-n3c4c([2H])c([2H])c([2H])c([2H])c4c4c([2H])c([2H])c(-c5cccc(-c6ccccc6)c5)c([2H])c43)cc3c1B2c1ccc2oc4ccccc4c2c1S3. The maximum atomic E-state index is 10.8. The van der Waals surface area contributed by atoms with E-state index in [2.05, 4.69) is 74.2 Å². The van der Waals surface area contributed by atoms with Crippen molar-refractivity contribution < 1.29 is 23.6 Å². The second-order valence-corrected chi connectivity index (χ2v) is 27.9. The number of benzene rings is 15. The highest BCUT2D eigenvalue weighted by molar-refractivity contribution is 8.00. The van der Waals surface area contributed by atoms with Gasteiger partial charge >= 0.3 is 0 Å². The molecule has 0 radical (unpaired) electrons. The summed E-state index contributed by atoms with van der Waals surface area (Å²) in [5.41, 5.74) is 15.2. The Morgan fingerprint density at radius 3 is 1.42 bits per heavy atom. The Hall–Kier alpha value is -12.1. The number of fused-ring (bicyclic) bond motifs is 14. The third-order valence-corrected chi connectivity index (χ3v) is 21.2. The molecule has 0 unspecified atom stereocenters. The van der Waals surface area contributed by atoms with Gasteiger partial charge in [0.05, 0.1) is 46.9 Å². The zero-order chi connectivity index (χ0) is 78.5. The van der Waals surface area contributed by atoms with Crippen LogP contribution in [-0.4, -0.2) is 15.8 Å². The molecular formula is C94H64BN3OS. The van der Waals surface area contributed by atoms with E-state index in [1.165, 1.54) is 11.8 Å². The van der Waals surface area contributed by atoms with E-state index < -0.39 is 60.5 Å². The van der Waals surface area contributed by atoms with Gasteiger partial charge in [-0.3, -0.25) is 0 Å². The number of nitrogens with zero attached hydrogens (tertiary/aromatic N) is 3. The molecule has 2 aliphatic rings. The van der Waals surface area contributed by atoms with Crippen LogP contribution in [0.2, 0.25) is 0 Å². The molecule has 18 aromatic rings. The van der Waals surface area contributed by atoms with Gasteiger partial charge in [-0.15, -0.1) is 0 Å². The fraction of sp³-hybridized carbons (Fsp3) is 0.0426. The average molecular weight is 1310 g/mol. The lowest BCUT2D eigenvalue weighted by Crippen LogP contribution is -2.60. The molecule has 100 heavy (non-hydrogen) atoms. The lowest BCUT2D eigenvalue weighted by molar-refractivity contribution is 0.591. The van der Waals surface area contributed by atoms with E-state index in [4.69, 9.17) is 4.42 Å². The number of hydrogen-bond donors (Lipinski definition) is 0. The van der Waals surface area contributed by atoms with E-state index in [0.29, 0.717) is 50.7 Å². The molecule has 0 bridgehead atoms. The third kappa shape index (κ3) is 9.24. The fourth-order valence-electron chi connectivity index (χ4n) is 15.3. The smallest absolute Gasteiger partial charge is 0.249 e. The van der Waals surface area contributed by atoms with Gasteiger partial charge in [-0.1, -0.05) is 286 Å². The Kier molecular flexibility index (Phi) is 10.3. The van der Waals surface area contributed by atoms with E-state index in [0.717, 1.165) is 87.0 Å². The maximum Gasteiger partial charge on any atom is 0.249 e. The van der Waals surface area contributed by atoms with Gasteiger partial charge in [-0.05, 0) is 162 Å². The zero-order valence-corrected chi connectivity index (χ0v) is 55.2. The maximum absolute atomic E-state index is 10.8. The van der Waals surface area contributed by atoms with E-state index >= 15 is 0 Å². The van der Waals surface area contributed by atoms with Crippen LogP contribution in [0, 0.1) is 0 Å². The average Bonchev–Trinajstić information content (AvgIpc) is 1.62. The van der Waals surface area contributed by atoms with Crippen LogP contribution in [0.15, 0.2) is 348 Å². The number of hydrogen-bond acceptors (Lipinski definition) is 3. The van der Waals surface area contributed by atoms with Crippen LogP contribution in [0.1, 0.15) is 45.5 Å². The highest BCUT2D eigenvalue weighted by atomic mass is 32.2. The van der Waals surface area contributed by atoms with E-state index in [1.54, 1.807) is 9.13 Å². The van der Waals surface area contributed by atoms with Crippen molar-refractivity contribution in [2.75, 3.05) is 4.90 Å². The highest BCUT2D eigenvalue weighted by Crippen LogP contribution is 2.53. The summed E-state index contributed by atoms with van der Waals surface area (Å²) in [5, 5.41) is 1.69. The summed E-state index contributed by atoms with van der Waals surface area (Å²) in [6.07, 6.45) is 0. The van der Waals surface area contributed by atoms with Gasteiger partial charge in [0.1, 0.15) is 11.2 Å². The molecule has 0 amide bonds. The van der Waals surface area contributed by atoms with Crippen molar-refractivity contribution in [3.63, 3.8) is 0 Å². The predicted molar refractivity (Wildman–Crippen MR) is 424 cm³/mol. The second-order valence-electron chi connectivity index (χ2n) is 26.8. The molecule has 0 atom stereocenters. The summed E-state index contributed by atoms with van der Waals surface area (Å²) in [7, 11) is 0. The van der Waals surface area contributed by atoms with E-state index in [9.17, 15) is 19.2 Å². The molecule has 0 aliphatic carbocycles. The summed E-state index contributed by atoms with van der Waals surface area (Å²) < 4.78 is 149. The largest absolute Gasteiger partial charge is 0.456 e. The number of para-hydroxylation sites is 3. The standard InChI is InChI=1S/C94H64BN3OS/c1-94(2,3)69-54-77(61-28-12-6-13-29-61)92(78(55-69)62-30-14-7-15-31-62)98-85-56-70(96-81-39-19-16-36-72(81)74-45-42-67(52-83(74)96)65-34-22-32-63(50-65)59-24-8-4-9-25-59)44-47-79(85)95-80-48-49-88-90(76-38-18-21-41-87(76)99-88)93(80)100-89-58-71(57-86(98)91(89)95)97-82-40-20-17-37-73(82)75-46-43-68(53-84(75)97)66-35-23-33-64(51-66)60-26-10-5-11-27-60/h4-58H,1-3H3/i16D,17D,19D,20D,36D,37D,39D,40D,42D,43D,45D,46D,52D,53D. The lowest BCUT2D eigenvalue weighted by Gasteiger charge is -2.42. The van der Waals surface area contributed by atoms with E-state index in [-0.39, 0.29) is 91.0 Å². The summed E-state index contributed by atoms with van der Waals surface area (Å²) in [6, 6.07) is 76.0. The van der Waals surface area contributed by atoms with Crippen molar-refractivity contribution >= 4 is 117 Å². The first kappa shape index (κ1) is 45.4. The molecule has 0 N–H and O–H groups in total. The monoisotopic (exact) mass is 1310 g/mol. The van der Waals surface area contributed by atoms with Gasteiger partial charge in [-0.2, -0.15) is 0 Å². The molecule has 2 aliphatic heterocycles. The molecule has 0 spiro atoms. The van der Waals surface area contributed by atoms with Gasteiger partial charge in [0.2, 0.25) is 6.71 Å². The summed E-state index contributed by atoms with van der Waals surface area (Å²) >= 11 is 1.54. The lowest BCUT2D eigenvalue weighted by atomic mass is 9.34. The van der Waals surface area contributed by atoms with Gasteiger partial charge in [0.25, 0.3) is 0 Å². The molecule has 15 aromatic carbocycles. The number of furan rings is 1. The van der Waals surface area contributed by atoms with Gasteiger partial charge in [0.15, 0.2) is 0 Å². The molecule has 6 heteroatoms. The normalized spacial score (nSPS) is 14.6. The third-order valence-electron chi connectivity index (χ3n) is 20.0. The van der Waals surface area contributed by atoms with Crippen molar-refractivity contribution in [1.82, 2.24) is 9.13 Å². The Morgan fingerprint density at radius 1 is 0.370 bits per heavy atom. The first-order chi connectivity index (χ1) is 55.1. The molecular weight excluding hydrogens is 1230 g/mol. The van der Waals surface area contributed by atoms with Gasteiger partial charge < -0.3 is 18.5 Å². The Balaban J connectivity index is 0.971. The van der Waals surface area contributed by atoms with Crippen LogP contribution in [0.25, 0.3) is 144 Å². The molecule has 5 heterocycles.